The molecule has 1 aromatic carbocycles. The van der Waals surface area contributed by atoms with Crippen LogP contribution in [0, 0.1) is 0 Å². The molecule has 2 aromatic rings. The third-order valence-corrected chi connectivity index (χ3v) is 3.61. The monoisotopic (exact) mass is 259 g/mol. The third-order valence-electron chi connectivity index (χ3n) is 3.61. The summed E-state index contributed by atoms with van der Waals surface area (Å²) in [7, 11) is 0. The summed E-state index contributed by atoms with van der Waals surface area (Å²) in [6.07, 6.45) is 1.96. The number of benzene rings is 1. The Bertz CT molecular complexity index is 624. The summed E-state index contributed by atoms with van der Waals surface area (Å²) in [5.74, 6) is 1.05. The molecule has 0 amide bonds. The molecule has 100 valence electrons. The first-order valence-corrected chi connectivity index (χ1v) is 6.53. The Labute approximate surface area is 110 Å². The number of nitrogen functional groups attached to an aromatic ring is 1. The van der Waals surface area contributed by atoms with E-state index in [-0.39, 0.29) is 11.5 Å². The predicted molar refractivity (Wildman–Crippen MR) is 74.0 cm³/mol. The molecule has 19 heavy (non-hydrogen) atoms. The molecule has 0 atom stereocenters. The summed E-state index contributed by atoms with van der Waals surface area (Å²) < 4.78 is 5.42. The van der Waals surface area contributed by atoms with Crippen molar-refractivity contribution >= 4 is 5.69 Å². The fourth-order valence-corrected chi connectivity index (χ4v) is 2.65. The zero-order valence-electron chi connectivity index (χ0n) is 10.6. The lowest BCUT2D eigenvalue weighted by Gasteiger charge is -2.21. The van der Waals surface area contributed by atoms with Gasteiger partial charge >= 0.3 is 0 Å². The average molecular weight is 259 g/mol. The molecule has 3 rings (SSSR count). The second kappa shape index (κ2) is 4.93. The highest BCUT2D eigenvalue weighted by molar-refractivity contribution is 5.68. The number of anilines is 1. The maximum atomic E-state index is 12.0. The van der Waals surface area contributed by atoms with Crippen LogP contribution in [0.25, 0.3) is 11.1 Å². The van der Waals surface area contributed by atoms with Gasteiger partial charge in [0.15, 0.2) is 0 Å². The van der Waals surface area contributed by atoms with Crippen LogP contribution in [0.2, 0.25) is 0 Å². The Kier molecular flexibility index (Phi) is 3.13. The normalized spacial score (nSPS) is 16.6. The molecule has 5 nitrogen and oxygen atoms in total. The average Bonchev–Trinajstić information content (AvgIpc) is 2.82. The van der Waals surface area contributed by atoms with E-state index in [1.807, 2.05) is 24.3 Å². The van der Waals surface area contributed by atoms with Gasteiger partial charge in [-0.25, -0.2) is 0 Å². The number of piperidine rings is 1. The highest BCUT2D eigenvalue weighted by Crippen LogP contribution is 2.32. The van der Waals surface area contributed by atoms with E-state index in [1.54, 1.807) is 0 Å². The van der Waals surface area contributed by atoms with E-state index in [0.29, 0.717) is 11.3 Å². The van der Waals surface area contributed by atoms with Crippen molar-refractivity contribution in [2.75, 3.05) is 18.8 Å². The minimum absolute atomic E-state index is 0.181. The number of aromatic nitrogens is 1. The van der Waals surface area contributed by atoms with Gasteiger partial charge in [0.2, 0.25) is 0 Å². The lowest BCUT2D eigenvalue weighted by atomic mass is 9.91. The number of nitrogens with two attached hydrogens (primary N) is 1. The lowest BCUT2D eigenvalue weighted by Crippen LogP contribution is -2.26. The molecule has 5 heteroatoms. The van der Waals surface area contributed by atoms with Crippen molar-refractivity contribution < 1.29 is 4.52 Å². The fraction of sp³-hybridized carbons (Fsp3) is 0.357. The first kappa shape index (κ1) is 12.0. The molecule has 0 radical (unpaired) electrons. The third kappa shape index (κ3) is 2.29. The molecule has 1 aliphatic heterocycles. The molecule has 0 bridgehead atoms. The molecule has 1 fully saturated rings. The van der Waals surface area contributed by atoms with Crippen molar-refractivity contribution in [2.24, 2.45) is 0 Å². The number of nitrogens with one attached hydrogen (secondary N) is 2. The van der Waals surface area contributed by atoms with Gasteiger partial charge in [-0.15, -0.1) is 0 Å². The van der Waals surface area contributed by atoms with E-state index in [2.05, 4.69) is 10.5 Å². The van der Waals surface area contributed by atoms with E-state index < -0.39 is 0 Å². The fourth-order valence-electron chi connectivity index (χ4n) is 2.65. The Morgan fingerprint density at radius 1 is 1.26 bits per heavy atom. The van der Waals surface area contributed by atoms with Gasteiger partial charge in [-0.3, -0.25) is 4.79 Å². The summed E-state index contributed by atoms with van der Waals surface area (Å²) in [6.45, 7) is 1.91. The van der Waals surface area contributed by atoms with Crippen molar-refractivity contribution in [2.45, 2.75) is 18.8 Å². The SMILES string of the molecule is Nc1cccc(-c2c(C3CCNCC3)o[nH]c2=O)c1. The van der Waals surface area contributed by atoms with Gasteiger partial charge in [0.25, 0.3) is 5.56 Å². The van der Waals surface area contributed by atoms with Crippen LogP contribution in [0.5, 0.6) is 0 Å². The zero-order valence-corrected chi connectivity index (χ0v) is 10.6. The summed E-state index contributed by atoms with van der Waals surface area (Å²) in [4.78, 5) is 12.0. The number of hydrogen-bond donors (Lipinski definition) is 3. The van der Waals surface area contributed by atoms with Crippen LogP contribution >= 0.6 is 0 Å². The van der Waals surface area contributed by atoms with Crippen LogP contribution < -0.4 is 16.6 Å². The Morgan fingerprint density at radius 2 is 2.05 bits per heavy atom. The van der Waals surface area contributed by atoms with Crippen molar-refractivity contribution in [3.8, 4) is 11.1 Å². The van der Waals surface area contributed by atoms with Crippen LogP contribution in [-0.2, 0) is 0 Å². The second-order valence-electron chi connectivity index (χ2n) is 4.92. The van der Waals surface area contributed by atoms with Crippen LogP contribution in [0.1, 0.15) is 24.5 Å². The molecule has 4 N–H and O–H groups in total. The summed E-state index contributed by atoms with van der Waals surface area (Å²) in [6, 6.07) is 7.36. The molecule has 0 unspecified atom stereocenters. The Balaban J connectivity index is 2.05. The maximum absolute atomic E-state index is 12.0. The maximum Gasteiger partial charge on any atom is 0.288 e. The predicted octanol–water partition coefficient (Wildman–Crippen LogP) is 1.68. The number of hydrogen-bond acceptors (Lipinski definition) is 4. The van der Waals surface area contributed by atoms with Gasteiger partial charge in [-0.05, 0) is 43.6 Å². The van der Waals surface area contributed by atoms with E-state index >= 15 is 0 Å². The second-order valence-corrected chi connectivity index (χ2v) is 4.92. The molecular weight excluding hydrogens is 242 g/mol. The smallest absolute Gasteiger partial charge is 0.288 e. The number of rotatable bonds is 2. The van der Waals surface area contributed by atoms with E-state index in [1.165, 1.54) is 0 Å². The Morgan fingerprint density at radius 3 is 2.79 bits per heavy atom. The minimum atomic E-state index is -0.181. The quantitative estimate of drug-likeness (QED) is 0.716. The summed E-state index contributed by atoms with van der Waals surface area (Å²) in [5, 5.41) is 5.77. The van der Waals surface area contributed by atoms with E-state index in [0.717, 1.165) is 37.3 Å². The van der Waals surface area contributed by atoms with Gasteiger partial charge in [0.05, 0.1) is 5.56 Å². The van der Waals surface area contributed by atoms with Crippen LogP contribution in [0.15, 0.2) is 33.6 Å². The van der Waals surface area contributed by atoms with Crippen molar-refractivity contribution in [3.63, 3.8) is 0 Å². The van der Waals surface area contributed by atoms with Crippen LogP contribution in [0.4, 0.5) is 5.69 Å². The highest BCUT2D eigenvalue weighted by Gasteiger charge is 2.25. The molecule has 1 aromatic heterocycles. The van der Waals surface area contributed by atoms with Gasteiger partial charge in [-0.1, -0.05) is 12.1 Å². The van der Waals surface area contributed by atoms with Crippen molar-refractivity contribution in [1.82, 2.24) is 10.5 Å². The van der Waals surface area contributed by atoms with Gasteiger partial charge in [0, 0.05) is 11.6 Å². The van der Waals surface area contributed by atoms with E-state index in [4.69, 9.17) is 10.3 Å². The Hall–Kier alpha value is -2.01. The van der Waals surface area contributed by atoms with Crippen LogP contribution in [0.3, 0.4) is 0 Å². The molecule has 0 saturated carbocycles. The van der Waals surface area contributed by atoms with Gasteiger partial charge in [-0.2, -0.15) is 5.16 Å². The minimum Gasteiger partial charge on any atom is -0.399 e. The van der Waals surface area contributed by atoms with Gasteiger partial charge in [0.1, 0.15) is 5.76 Å². The summed E-state index contributed by atoms with van der Waals surface area (Å²) >= 11 is 0. The molecule has 0 aliphatic carbocycles. The summed E-state index contributed by atoms with van der Waals surface area (Å²) in [5.41, 5.74) is 7.70. The van der Waals surface area contributed by atoms with Crippen molar-refractivity contribution in [3.05, 3.63) is 40.4 Å². The molecule has 2 heterocycles. The first-order chi connectivity index (χ1) is 9.25. The standard InChI is InChI=1S/C14H17N3O2/c15-11-3-1-2-10(8-11)12-13(19-17-14(12)18)9-4-6-16-7-5-9/h1-3,8-9,16H,4-7,15H2,(H,17,18). The van der Waals surface area contributed by atoms with Gasteiger partial charge < -0.3 is 15.6 Å². The topological polar surface area (TPSA) is 84.0 Å². The lowest BCUT2D eigenvalue weighted by molar-refractivity contribution is 0.326. The van der Waals surface area contributed by atoms with E-state index in [9.17, 15) is 4.79 Å². The zero-order chi connectivity index (χ0) is 13.2. The number of H-pyrrole nitrogens is 1. The molecule has 1 aliphatic rings. The molecule has 1 saturated heterocycles. The molecular formula is C14H17N3O2. The van der Waals surface area contributed by atoms with Crippen LogP contribution in [-0.4, -0.2) is 18.2 Å². The first-order valence-electron chi connectivity index (χ1n) is 6.53. The van der Waals surface area contributed by atoms with Crippen molar-refractivity contribution in [1.29, 1.82) is 0 Å². The number of aromatic amines is 1. The molecule has 0 spiro atoms. The highest BCUT2D eigenvalue weighted by atomic mass is 16.5. The largest absolute Gasteiger partial charge is 0.399 e.